The number of hydrogen-bond donors (Lipinski definition) is 1. The second kappa shape index (κ2) is 6.59. The number of nitrogens with zero attached hydrogens (tertiary/aromatic N) is 2. The Morgan fingerprint density at radius 2 is 1.79 bits per heavy atom. The predicted octanol–water partition coefficient (Wildman–Crippen LogP) is 1.00. The molecule has 2 aliphatic rings. The number of hydrogen-bond acceptors (Lipinski definition) is 3. The van der Waals surface area contributed by atoms with Crippen LogP contribution in [0.1, 0.15) is 38.5 Å². The van der Waals surface area contributed by atoms with Gasteiger partial charge in [-0.15, -0.1) is 0 Å². The number of sulfone groups is 1. The van der Waals surface area contributed by atoms with E-state index < -0.39 is 9.84 Å². The SMILES string of the molecule is NC(=NCCS(=O)(=O)CC1CC1)N1CCCCCC1. The highest BCUT2D eigenvalue weighted by molar-refractivity contribution is 7.91. The number of nitrogens with two attached hydrogens (primary N) is 1. The minimum Gasteiger partial charge on any atom is -0.370 e. The summed E-state index contributed by atoms with van der Waals surface area (Å²) in [5.41, 5.74) is 5.94. The molecule has 19 heavy (non-hydrogen) atoms. The van der Waals surface area contributed by atoms with Gasteiger partial charge in [0, 0.05) is 13.1 Å². The summed E-state index contributed by atoms with van der Waals surface area (Å²) in [7, 11) is -2.93. The van der Waals surface area contributed by atoms with Gasteiger partial charge >= 0.3 is 0 Å². The third kappa shape index (κ3) is 5.38. The van der Waals surface area contributed by atoms with Crippen LogP contribution in [0.3, 0.4) is 0 Å². The molecule has 0 radical (unpaired) electrons. The molecule has 0 aromatic carbocycles. The van der Waals surface area contributed by atoms with Crippen LogP contribution in [-0.2, 0) is 9.84 Å². The topological polar surface area (TPSA) is 75.8 Å². The van der Waals surface area contributed by atoms with Crippen molar-refractivity contribution in [3.63, 3.8) is 0 Å². The van der Waals surface area contributed by atoms with Crippen LogP contribution < -0.4 is 5.73 Å². The Labute approximate surface area is 116 Å². The molecule has 1 saturated heterocycles. The normalized spacial score (nSPS) is 22.3. The second-order valence-electron chi connectivity index (χ2n) is 5.70. The lowest BCUT2D eigenvalue weighted by atomic mass is 10.2. The lowest BCUT2D eigenvalue weighted by Crippen LogP contribution is -2.38. The predicted molar refractivity (Wildman–Crippen MR) is 77.9 cm³/mol. The smallest absolute Gasteiger partial charge is 0.191 e. The van der Waals surface area contributed by atoms with Crippen molar-refractivity contribution in [1.29, 1.82) is 0 Å². The van der Waals surface area contributed by atoms with Crippen LogP contribution in [0, 0.1) is 5.92 Å². The van der Waals surface area contributed by atoms with Gasteiger partial charge in [-0.25, -0.2) is 8.42 Å². The number of guanidine groups is 1. The maximum absolute atomic E-state index is 11.8. The molecule has 2 fully saturated rings. The van der Waals surface area contributed by atoms with Crippen molar-refractivity contribution in [3.8, 4) is 0 Å². The number of aliphatic imine (C=N–C) groups is 1. The molecule has 0 bridgehead atoms. The zero-order chi connectivity index (χ0) is 13.7. The van der Waals surface area contributed by atoms with Crippen molar-refractivity contribution < 1.29 is 8.42 Å². The molecule has 5 nitrogen and oxygen atoms in total. The van der Waals surface area contributed by atoms with Gasteiger partial charge in [-0.1, -0.05) is 12.8 Å². The van der Waals surface area contributed by atoms with E-state index in [1.807, 2.05) is 0 Å². The first kappa shape index (κ1) is 14.6. The van der Waals surface area contributed by atoms with Crippen LogP contribution in [0.4, 0.5) is 0 Å². The maximum atomic E-state index is 11.8. The van der Waals surface area contributed by atoms with Crippen LogP contribution in [0.2, 0.25) is 0 Å². The molecule has 0 atom stereocenters. The second-order valence-corrected chi connectivity index (χ2v) is 7.93. The first-order chi connectivity index (χ1) is 9.07. The third-order valence-corrected chi connectivity index (χ3v) is 5.58. The summed E-state index contributed by atoms with van der Waals surface area (Å²) in [5.74, 6) is 1.41. The van der Waals surface area contributed by atoms with E-state index in [-0.39, 0.29) is 5.75 Å². The molecule has 110 valence electrons. The first-order valence-corrected chi connectivity index (χ1v) is 9.14. The first-order valence-electron chi connectivity index (χ1n) is 7.32. The Morgan fingerprint density at radius 3 is 2.37 bits per heavy atom. The molecule has 1 aliphatic heterocycles. The highest BCUT2D eigenvalue weighted by Gasteiger charge is 2.27. The summed E-state index contributed by atoms with van der Waals surface area (Å²) in [5, 5.41) is 0. The van der Waals surface area contributed by atoms with E-state index in [4.69, 9.17) is 5.73 Å². The summed E-state index contributed by atoms with van der Waals surface area (Å²) >= 11 is 0. The highest BCUT2D eigenvalue weighted by atomic mass is 32.2. The average molecular weight is 287 g/mol. The van der Waals surface area contributed by atoms with Gasteiger partial charge in [-0.2, -0.15) is 0 Å². The molecule has 2 N–H and O–H groups in total. The fourth-order valence-corrected chi connectivity index (χ4v) is 4.01. The molecule has 0 spiro atoms. The lowest BCUT2D eigenvalue weighted by molar-refractivity contribution is 0.429. The Hall–Kier alpha value is -0.780. The minimum atomic E-state index is -2.93. The van der Waals surface area contributed by atoms with Crippen molar-refractivity contribution in [1.82, 2.24) is 4.90 Å². The number of likely N-dealkylation sites (tertiary alicyclic amines) is 1. The standard InChI is InChI=1S/C13H25N3O2S/c14-13(16-8-3-1-2-4-9-16)15-7-10-19(17,18)11-12-5-6-12/h12H,1-11H2,(H2,14,15). The van der Waals surface area contributed by atoms with E-state index in [1.54, 1.807) is 0 Å². The van der Waals surface area contributed by atoms with Crippen molar-refractivity contribution in [2.24, 2.45) is 16.6 Å². The minimum absolute atomic E-state index is 0.137. The molecule has 1 heterocycles. The van der Waals surface area contributed by atoms with E-state index in [2.05, 4.69) is 9.89 Å². The Bertz CT molecular complexity index is 408. The van der Waals surface area contributed by atoms with Crippen molar-refractivity contribution >= 4 is 15.8 Å². The summed E-state index contributed by atoms with van der Waals surface area (Å²) in [6.45, 7) is 2.20. The van der Waals surface area contributed by atoms with E-state index in [0.29, 0.717) is 24.2 Å². The monoisotopic (exact) mass is 287 g/mol. The van der Waals surface area contributed by atoms with Gasteiger partial charge in [-0.05, 0) is 31.6 Å². The third-order valence-electron chi connectivity index (χ3n) is 3.79. The van der Waals surface area contributed by atoms with Crippen LogP contribution >= 0.6 is 0 Å². The molecule has 2 rings (SSSR count). The lowest BCUT2D eigenvalue weighted by Gasteiger charge is -2.21. The van der Waals surface area contributed by atoms with Crippen LogP contribution in [0.15, 0.2) is 4.99 Å². The fraction of sp³-hybridized carbons (Fsp3) is 0.923. The maximum Gasteiger partial charge on any atom is 0.191 e. The van der Waals surface area contributed by atoms with Crippen LogP contribution in [0.5, 0.6) is 0 Å². The molecule has 0 aromatic heterocycles. The van der Waals surface area contributed by atoms with Gasteiger partial charge in [-0.3, -0.25) is 4.99 Å². The summed E-state index contributed by atoms with van der Waals surface area (Å²) in [6, 6.07) is 0. The molecule has 6 heteroatoms. The van der Waals surface area contributed by atoms with Crippen molar-refractivity contribution in [3.05, 3.63) is 0 Å². The van der Waals surface area contributed by atoms with Crippen LogP contribution in [0.25, 0.3) is 0 Å². The van der Waals surface area contributed by atoms with Crippen LogP contribution in [-0.4, -0.2) is 50.4 Å². The van der Waals surface area contributed by atoms with E-state index in [0.717, 1.165) is 38.8 Å². The van der Waals surface area contributed by atoms with E-state index in [9.17, 15) is 8.42 Å². The number of rotatable bonds is 5. The van der Waals surface area contributed by atoms with Gasteiger partial charge in [0.05, 0.1) is 18.1 Å². The van der Waals surface area contributed by atoms with Gasteiger partial charge < -0.3 is 10.6 Å². The zero-order valence-corrected chi connectivity index (χ0v) is 12.4. The molecular weight excluding hydrogens is 262 g/mol. The van der Waals surface area contributed by atoms with E-state index in [1.165, 1.54) is 12.8 Å². The summed E-state index contributed by atoms with van der Waals surface area (Å²) in [6.07, 6.45) is 6.93. The Morgan fingerprint density at radius 1 is 1.16 bits per heavy atom. The highest BCUT2D eigenvalue weighted by Crippen LogP contribution is 2.30. The van der Waals surface area contributed by atoms with Gasteiger partial charge in [0.15, 0.2) is 15.8 Å². The zero-order valence-electron chi connectivity index (χ0n) is 11.6. The molecule has 0 unspecified atom stereocenters. The largest absolute Gasteiger partial charge is 0.370 e. The molecular formula is C13H25N3O2S. The quantitative estimate of drug-likeness (QED) is 0.604. The van der Waals surface area contributed by atoms with Gasteiger partial charge in [0.1, 0.15) is 0 Å². The molecule has 0 amide bonds. The molecule has 1 aliphatic carbocycles. The van der Waals surface area contributed by atoms with Crippen molar-refractivity contribution in [2.75, 3.05) is 31.1 Å². The Kier molecular flexibility index (Phi) is 5.07. The molecule has 1 saturated carbocycles. The fourth-order valence-electron chi connectivity index (χ4n) is 2.43. The average Bonchev–Trinajstić information content (AvgIpc) is 3.14. The van der Waals surface area contributed by atoms with Gasteiger partial charge in [0.25, 0.3) is 0 Å². The molecule has 0 aromatic rings. The van der Waals surface area contributed by atoms with E-state index >= 15 is 0 Å². The summed E-state index contributed by atoms with van der Waals surface area (Å²) < 4.78 is 23.5. The Balaban J connectivity index is 1.76. The van der Waals surface area contributed by atoms with Crippen molar-refractivity contribution in [2.45, 2.75) is 38.5 Å². The summed E-state index contributed by atoms with van der Waals surface area (Å²) in [4.78, 5) is 6.33. The van der Waals surface area contributed by atoms with Gasteiger partial charge in [0.2, 0.25) is 0 Å².